The fourth-order valence-electron chi connectivity index (χ4n) is 1.39. The van der Waals surface area contributed by atoms with E-state index in [4.69, 9.17) is 14.2 Å². The Hall–Kier alpha value is -1.17. The van der Waals surface area contributed by atoms with E-state index in [1.165, 1.54) is 0 Å². The lowest BCUT2D eigenvalue weighted by atomic mass is 9.93. The van der Waals surface area contributed by atoms with Gasteiger partial charge in [0.05, 0.1) is 26.4 Å². The summed E-state index contributed by atoms with van der Waals surface area (Å²) in [4.78, 5) is 14.1. The smallest absolute Gasteiger partial charge is 0.316 e. The molecule has 0 bridgehead atoms. The lowest BCUT2D eigenvalue weighted by Crippen LogP contribution is -2.40. The molecule has 5 heteroatoms. The highest BCUT2D eigenvalue weighted by Crippen LogP contribution is 2.20. The van der Waals surface area contributed by atoms with Crippen LogP contribution >= 0.6 is 0 Å². The van der Waals surface area contributed by atoms with Crippen LogP contribution < -0.4 is 0 Å². The zero-order valence-electron chi connectivity index (χ0n) is 12.9. The number of hydrogen-bond donors (Lipinski definition) is 0. The number of hydrogen-bond acceptors (Lipinski definition) is 5. The molecule has 0 N–H and O–H groups in total. The Morgan fingerprint density at radius 2 is 1.65 bits per heavy atom. The van der Waals surface area contributed by atoms with Crippen molar-refractivity contribution in [3.8, 4) is 0 Å². The minimum atomic E-state index is -0.821. The van der Waals surface area contributed by atoms with E-state index in [-0.39, 0.29) is 19.2 Å². The van der Waals surface area contributed by atoms with Crippen molar-refractivity contribution in [3.63, 3.8) is 0 Å². The van der Waals surface area contributed by atoms with Crippen molar-refractivity contribution in [1.82, 2.24) is 4.90 Å². The molecule has 116 valence electrons. The first-order chi connectivity index (χ1) is 9.46. The van der Waals surface area contributed by atoms with Gasteiger partial charge in [0.25, 0.3) is 0 Å². The molecule has 0 saturated carbocycles. The maximum absolute atomic E-state index is 12.2. The van der Waals surface area contributed by atoms with Crippen molar-refractivity contribution >= 4 is 5.97 Å². The summed E-state index contributed by atoms with van der Waals surface area (Å²) in [6.45, 7) is 11.2. The molecular formula is C15H27NO4. The summed E-state index contributed by atoms with van der Waals surface area (Å²) >= 11 is 0. The second kappa shape index (κ2) is 10.6. The number of carbonyl (C=O) groups excluding carboxylic acids is 1. The highest BCUT2D eigenvalue weighted by Gasteiger charge is 2.35. The lowest BCUT2D eigenvalue weighted by molar-refractivity contribution is -0.163. The molecular weight excluding hydrogens is 258 g/mol. The van der Waals surface area contributed by atoms with Gasteiger partial charge < -0.3 is 19.1 Å². The molecule has 0 aromatic heterocycles. The quantitative estimate of drug-likeness (QED) is 0.309. The Balaban J connectivity index is 4.41. The van der Waals surface area contributed by atoms with Crippen molar-refractivity contribution in [1.29, 1.82) is 0 Å². The zero-order chi connectivity index (χ0) is 15.4. The first kappa shape index (κ1) is 18.8. The number of carbonyl (C=O) groups is 1. The maximum atomic E-state index is 12.2. The van der Waals surface area contributed by atoms with Crippen molar-refractivity contribution in [2.45, 2.75) is 6.92 Å². The van der Waals surface area contributed by atoms with Crippen LogP contribution in [0.1, 0.15) is 6.92 Å². The molecule has 0 amide bonds. The monoisotopic (exact) mass is 285 g/mol. The number of rotatable bonds is 12. The molecule has 0 unspecified atom stereocenters. The first-order valence-corrected chi connectivity index (χ1v) is 6.65. The van der Waals surface area contributed by atoms with Gasteiger partial charge in [0.1, 0.15) is 12.0 Å². The van der Waals surface area contributed by atoms with Gasteiger partial charge in [-0.25, -0.2) is 0 Å². The Morgan fingerprint density at radius 3 is 2.05 bits per heavy atom. The summed E-state index contributed by atoms with van der Waals surface area (Å²) in [5, 5.41) is 0. The fraction of sp³-hybridized carbons (Fsp3) is 0.667. The third-order valence-corrected chi connectivity index (χ3v) is 2.58. The minimum Gasteiger partial charge on any atom is -0.464 e. The first-order valence-electron chi connectivity index (χ1n) is 6.65. The molecule has 20 heavy (non-hydrogen) atoms. The van der Waals surface area contributed by atoms with Gasteiger partial charge in [-0.2, -0.15) is 0 Å². The van der Waals surface area contributed by atoms with E-state index < -0.39 is 5.41 Å². The van der Waals surface area contributed by atoms with Crippen LogP contribution in [0.5, 0.6) is 0 Å². The zero-order valence-corrected chi connectivity index (χ0v) is 12.9. The predicted octanol–water partition coefficient (Wildman–Crippen LogP) is 1.50. The number of esters is 1. The van der Waals surface area contributed by atoms with Gasteiger partial charge in [0.2, 0.25) is 0 Å². The SMILES string of the molecule is C=CCOCC(C)(COCC=C)C(=O)OCCN(C)C. The molecule has 0 aliphatic heterocycles. The Bertz CT molecular complexity index is 288. The second-order valence-electron chi connectivity index (χ2n) is 5.11. The molecule has 5 nitrogen and oxygen atoms in total. The van der Waals surface area contributed by atoms with E-state index in [0.29, 0.717) is 26.4 Å². The number of ether oxygens (including phenoxy) is 3. The summed E-state index contributed by atoms with van der Waals surface area (Å²) in [6.07, 6.45) is 3.28. The average Bonchev–Trinajstić information content (AvgIpc) is 2.38. The molecule has 0 atom stereocenters. The van der Waals surface area contributed by atoms with Gasteiger partial charge in [-0.15, -0.1) is 13.2 Å². The summed E-state index contributed by atoms with van der Waals surface area (Å²) in [7, 11) is 3.85. The molecule has 0 radical (unpaired) electrons. The Kier molecular flexibility index (Phi) is 9.98. The molecule has 0 aromatic rings. The summed E-state index contributed by atoms with van der Waals surface area (Å²) in [5.74, 6) is -0.313. The van der Waals surface area contributed by atoms with Crippen molar-refractivity contribution in [2.75, 3.05) is 53.7 Å². The van der Waals surface area contributed by atoms with Gasteiger partial charge >= 0.3 is 5.97 Å². The normalized spacial score (nSPS) is 11.4. The predicted molar refractivity (Wildman–Crippen MR) is 79.7 cm³/mol. The largest absolute Gasteiger partial charge is 0.464 e. The number of nitrogens with zero attached hydrogens (tertiary/aromatic N) is 1. The lowest BCUT2D eigenvalue weighted by Gasteiger charge is -2.27. The van der Waals surface area contributed by atoms with Crippen LogP contribution in [0, 0.1) is 5.41 Å². The van der Waals surface area contributed by atoms with Gasteiger partial charge in [-0.3, -0.25) is 4.79 Å². The van der Waals surface area contributed by atoms with Gasteiger partial charge in [0, 0.05) is 6.54 Å². The molecule has 0 saturated heterocycles. The Labute approximate surface area is 122 Å². The maximum Gasteiger partial charge on any atom is 0.316 e. The van der Waals surface area contributed by atoms with Crippen LogP contribution in [0.3, 0.4) is 0 Å². The van der Waals surface area contributed by atoms with E-state index >= 15 is 0 Å². The van der Waals surface area contributed by atoms with E-state index in [2.05, 4.69) is 13.2 Å². The van der Waals surface area contributed by atoms with Gasteiger partial charge in [-0.05, 0) is 21.0 Å². The van der Waals surface area contributed by atoms with E-state index in [0.717, 1.165) is 0 Å². The second-order valence-corrected chi connectivity index (χ2v) is 5.11. The topological polar surface area (TPSA) is 48.0 Å². The highest BCUT2D eigenvalue weighted by molar-refractivity contribution is 5.76. The van der Waals surface area contributed by atoms with Crippen LogP contribution in [-0.4, -0.2) is 64.5 Å². The highest BCUT2D eigenvalue weighted by atomic mass is 16.5. The minimum absolute atomic E-state index is 0.233. The van der Waals surface area contributed by atoms with Crippen molar-refractivity contribution < 1.29 is 19.0 Å². The van der Waals surface area contributed by atoms with E-state index in [9.17, 15) is 4.79 Å². The molecule has 0 aliphatic carbocycles. The summed E-state index contributed by atoms with van der Waals surface area (Å²) in [6, 6.07) is 0. The van der Waals surface area contributed by atoms with E-state index in [1.54, 1.807) is 19.1 Å². The third kappa shape index (κ3) is 8.09. The Morgan fingerprint density at radius 1 is 1.15 bits per heavy atom. The molecule has 0 fully saturated rings. The van der Waals surface area contributed by atoms with Crippen LogP contribution in [0.25, 0.3) is 0 Å². The van der Waals surface area contributed by atoms with E-state index in [1.807, 2.05) is 19.0 Å². The van der Waals surface area contributed by atoms with Crippen molar-refractivity contribution in [3.05, 3.63) is 25.3 Å². The van der Waals surface area contributed by atoms with Crippen LogP contribution in [0.4, 0.5) is 0 Å². The average molecular weight is 285 g/mol. The molecule has 0 aromatic carbocycles. The summed E-state index contributed by atoms with van der Waals surface area (Å²) in [5.41, 5.74) is -0.821. The molecule has 0 aliphatic rings. The number of likely N-dealkylation sites (N-methyl/N-ethyl adjacent to an activating group) is 1. The van der Waals surface area contributed by atoms with Crippen molar-refractivity contribution in [2.24, 2.45) is 5.41 Å². The fourth-order valence-corrected chi connectivity index (χ4v) is 1.39. The molecule has 0 rings (SSSR count). The van der Waals surface area contributed by atoms with Crippen LogP contribution in [0.2, 0.25) is 0 Å². The summed E-state index contributed by atoms with van der Waals surface area (Å²) < 4.78 is 16.1. The molecule has 0 spiro atoms. The van der Waals surface area contributed by atoms with Gasteiger partial charge in [0.15, 0.2) is 0 Å². The van der Waals surface area contributed by atoms with Crippen LogP contribution in [-0.2, 0) is 19.0 Å². The van der Waals surface area contributed by atoms with Gasteiger partial charge in [-0.1, -0.05) is 12.2 Å². The third-order valence-electron chi connectivity index (χ3n) is 2.58. The molecule has 0 heterocycles. The standard InChI is InChI=1S/C15H27NO4/c1-6-9-18-12-15(3,13-19-10-7-2)14(17)20-11-8-16(4)5/h6-7H,1-2,8-13H2,3-5H3. The van der Waals surface area contributed by atoms with Crippen LogP contribution in [0.15, 0.2) is 25.3 Å².